The van der Waals surface area contributed by atoms with Gasteiger partial charge in [0.05, 0.1) is 5.56 Å². The van der Waals surface area contributed by atoms with Crippen LogP contribution in [0.2, 0.25) is 0 Å². The Bertz CT molecular complexity index is 1110. The Balaban J connectivity index is 1.45. The van der Waals surface area contributed by atoms with Crippen LogP contribution >= 0.6 is 0 Å². The van der Waals surface area contributed by atoms with E-state index in [9.17, 15) is 18.8 Å². The number of aromatic nitrogens is 1. The van der Waals surface area contributed by atoms with Gasteiger partial charge in [-0.1, -0.05) is 12.1 Å². The molecule has 0 unspecified atom stereocenters. The van der Waals surface area contributed by atoms with Gasteiger partial charge < -0.3 is 15.0 Å². The van der Waals surface area contributed by atoms with Crippen LogP contribution in [-0.4, -0.2) is 45.7 Å². The number of carbonyl (C=O) groups excluding carboxylic acids is 2. The van der Waals surface area contributed by atoms with Crippen molar-refractivity contribution in [3.05, 3.63) is 71.2 Å². The normalized spacial score (nSPS) is 14.8. The molecule has 3 aromatic rings. The first kappa shape index (κ1) is 19.8. The zero-order valence-corrected chi connectivity index (χ0v) is 16.2. The molecule has 4 rings (SSSR count). The van der Waals surface area contributed by atoms with Gasteiger partial charge in [-0.2, -0.15) is 0 Å². The number of amides is 1. The van der Waals surface area contributed by atoms with Crippen LogP contribution in [0, 0.1) is 11.7 Å². The van der Waals surface area contributed by atoms with Crippen LogP contribution in [0.4, 0.5) is 4.39 Å². The van der Waals surface area contributed by atoms with Gasteiger partial charge in [0, 0.05) is 35.8 Å². The van der Waals surface area contributed by atoms with Crippen molar-refractivity contribution in [1.82, 2.24) is 9.88 Å². The van der Waals surface area contributed by atoms with E-state index in [4.69, 9.17) is 5.11 Å². The molecule has 1 aliphatic rings. The minimum atomic E-state index is -1.53. The van der Waals surface area contributed by atoms with Crippen LogP contribution in [0.15, 0.2) is 48.7 Å². The predicted octanol–water partition coefficient (Wildman–Crippen LogP) is 3.67. The maximum atomic E-state index is 13.1. The van der Waals surface area contributed by atoms with Crippen molar-refractivity contribution in [2.45, 2.75) is 19.3 Å². The molecule has 0 radical (unpaired) electrons. The van der Waals surface area contributed by atoms with Crippen LogP contribution in [0.25, 0.3) is 10.9 Å². The summed E-state index contributed by atoms with van der Waals surface area (Å²) in [6.07, 6.45) is 4.17. The van der Waals surface area contributed by atoms with Gasteiger partial charge in [0.1, 0.15) is 5.82 Å². The largest absolute Gasteiger partial charge is 0.475 e. The second kappa shape index (κ2) is 8.10. The molecule has 1 aliphatic heterocycles. The maximum Gasteiger partial charge on any atom is 0.377 e. The van der Waals surface area contributed by atoms with Crippen molar-refractivity contribution >= 4 is 28.6 Å². The lowest BCUT2D eigenvalue weighted by molar-refractivity contribution is -0.131. The molecule has 2 aromatic carbocycles. The summed E-state index contributed by atoms with van der Waals surface area (Å²) in [6, 6.07) is 11.0. The number of benzene rings is 2. The smallest absolute Gasteiger partial charge is 0.377 e. The van der Waals surface area contributed by atoms with Gasteiger partial charge in [-0.25, -0.2) is 9.18 Å². The summed E-state index contributed by atoms with van der Waals surface area (Å²) < 4.78 is 13.1. The van der Waals surface area contributed by atoms with E-state index in [0.717, 1.165) is 24.8 Å². The summed E-state index contributed by atoms with van der Waals surface area (Å²) >= 11 is 0. The number of piperidine rings is 1. The number of H-pyrrole nitrogens is 1. The molecule has 1 amide bonds. The average Bonchev–Trinajstić information content (AvgIpc) is 3.18. The van der Waals surface area contributed by atoms with Crippen LogP contribution in [0.3, 0.4) is 0 Å². The van der Waals surface area contributed by atoms with Gasteiger partial charge in [0.25, 0.3) is 11.7 Å². The molecule has 0 atom stereocenters. The Morgan fingerprint density at radius 1 is 1.07 bits per heavy atom. The number of Topliss-reactive ketones (excluding diaryl/α,β-unsaturated/α-hetero) is 1. The Hall–Kier alpha value is -3.48. The minimum absolute atomic E-state index is 0.0432. The number of halogens is 1. The standard InChI is InChI=1S/C23H21FN2O4/c24-17-4-1-14(2-5-17)11-15-7-9-26(10-8-15)22(28)19-13-25-20-6-3-16(12-18(19)20)21(27)23(29)30/h1-6,12-13,15,25H,7-11H2,(H,29,30). The van der Waals surface area contributed by atoms with Crippen LogP contribution in [-0.2, 0) is 11.2 Å². The third-order valence-electron chi connectivity index (χ3n) is 5.71. The molecule has 6 nitrogen and oxygen atoms in total. The number of carboxylic acid groups (broad SMARTS) is 1. The molecule has 0 spiro atoms. The monoisotopic (exact) mass is 408 g/mol. The fourth-order valence-corrected chi connectivity index (χ4v) is 4.03. The average molecular weight is 408 g/mol. The van der Waals surface area contributed by atoms with E-state index >= 15 is 0 Å². The third kappa shape index (κ3) is 3.96. The molecular formula is C23H21FN2O4. The molecule has 0 aliphatic carbocycles. The Morgan fingerprint density at radius 2 is 1.77 bits per heavy atom. The van der Waals surface area contributed by atoms with E-state index in [-0.39, 0.29) is 17.3 Å². The molecule has 0 saturated carbocycles. The van der Waals surface area contributed by atoms with Gasteiger partial charge in [0.2, 0.25) is 0 Å². The van der Waals surface area contributed by atoms with Crippen molar-refractivity contribution in [1.29, 1.82) is 0 Å². The molecule has 30 heavy (non-hydrogen) atoms. The van der Waals surface area contributed by atoms with E-state index in [1.807, 2.05) is 0 Å². The van der Waals surface area contributed by atoms with Crippen LogP contribution in [0.5, 0.6) is 0 Å². The molecule has 1 aromatic heterocycles. The molecule has 154 valence electrons. The van der Waals surface area contributed by atoms with Crippen molar-refractivity contribution in [2.75, 3.05) is 13.1 Å². The number of likely N-dealkylation sites (tertiary alicyclic amines) is 1. The molecule has 2 heterocycles. The third-order valence-corrected chi connectivity index (χ3v) is 5.71. The Labute approximate surface area is 172 Å². The lowest BCUT2D eigenvalue weighted by atomic mass is 9.90. The molecule has 2 N–H and O–H groups in total. The van der Waals surface area contributed by atoms with Crippen molar-refractivity contribution in [3.8, 4) is 0 Å². The number of fused-ring (bicyclic) bond motifs is 1. The molecule has 0 bridgehead atoms. The van der Waals surface area contributed by atoms with Crippen molar-refractivity contribution < 1.29 is 23.9 Å². The van der Waals surface area contributed by atoms with Gasteiger partial charge in [-0.3, -0.25) is 9.59 Å². The fourth-order valence-electron chi connectivity index (χ4n) is 4.03. The lowest BCUT2D eigenvalue weighted by Gasteiger charge is -2.32. The number of aromatic amines is 1. The van der Waals surface area contributed by atoms with Crippen molar-refractivity contribution in [2.24, 2.45) is 5.92 Å². The number of carbonyl (C=O) groups is 3. The van der Waals surface area contributed by atoms with Gasteiger partial charge >= 0.3 is 5.97 Å². The number of hydrogen-bond donors (Lipinski definition) is 2. The van der Waals surface area contributed by atoms with E-state index in [2.05, 4.69) is 4.98 Å². The number of aliphatic carboxylic acids is 1. The van der Waals surface area contributed by atoms with Crippen molar-refractivity contribution in [3.63, 3.8) is 0 Å². The Morgan fingerprint density at radius 3 is 2.43 bits per heavy atom. The number of ketones is 1. The number of rotatable bonds is 5. The molecular weight excluding hydrogens is 387 g/mol. The topological polar surface area (TPSA) is 90.5 Å². The summed E-state index contributed by atoms with van der Waals surface area (Å²) in [5.74, 6) is -2.48. The predicted molar refractivity (Wildman–Crippen MR) is 109 cm³/mol. The first-order chi connectivity index (χ1) is 14.4. The summed E-state index contributed by atoms with van der Waals surface area (Å²) in [4.78, 5) is 40.6. The summed E-state index contributed by atoms with van der Waals surface area (Å²) in [6.45, 7) is 1.23. The van der Waals surface area contributed by atoms with E-state index < -0.39 is 11.8 Å². The zero-order chi connectivity index (χ0) is 21.3. The summed E-state index contributed by atoms with van der Waals surface area (Å²) in [7, 11) is 0. The molecule has 7 heteroatoms. The first-order valence-electron chi connectivity index (χ1n) is 9.85. The quantitative estimate of drug-likeness (QED) is 0.498. The highest BCUT2D eigenvalue weighted by molar-refractivity contribution is 6.40. The SMILES string of the molecule is O=C(O)C(=O)c1ccc2[nH]cc(C(=O)N3CCC(Cc4ccc(F)cc4)CC3)c2c1. The Kier molecular flexibility index (Phi) is 5.35. The number of nitrogens with one attached hydrogen (secondary N) is 1. The molecule has 1 fully saturated rings. The second-order valence-corrected chi connectivity index (χ2v) is 7.66. The highest BCUT2D eigenvalue weighted by Crippen LogP contribution is 2.26. The highest BCUT2D eigenvalue weighted by atomic mass is 19.1. The number of carboxylic acids is 1. The van der Waals surface area contributed by atoms with E-state index in [0.29, 0.717) is 35.5 Å². The van der Waals surface area contributed by atoms with E-state index in [1.54, 1.807) is 29.3 Å². The number of hydrogen-bond acceptors (Lipinski definition) is 3. The summed E-state index contributed by atoms with van der Waals surface area (Å²) in [5.41, 5.74) is 2.24. The van der Waals surface area contributed by atoms with Gasteiger partial charge in [-0.15, -0.1) is 0 Å². The number of nitrogens with zero attached hydrogens (tertiary/aromatic N) is 1. The fraction of sp³-hybridized carbons (Fsp3) is 0.261. The second-order valence-electron chi connectivity index (χ2n) is 7.66. The van der Waals surface area contributed by atoms with E-state index in [1.165, 1.54) is 24.3 Å². The molecule has 1 saturated heterocycles. The van der Waals surface area contributed by atoms with Gasteiger partial charge in [0.15, 0.2) is 0 Å². The van der Waals surface area contributed by atoms with Gasteiger partial charge in [-0.05, 0) is 61.1 Å². The van der Waals surface area contributed by atoms with Crippen LogP contribution < -0.4 is 0 Å². The lowest BCUT2D eigenvalue weighted by Crippen LogP contribution is -2.38. The maximum absolute atomic E-state index is 13.1. The first-order valence-corrected chi connectivity index (χ1v) is 9.85. The highest BCUT2D eigenvalue weighted by Gasteiger charge is 2.26. The summed E-state index contributed by atoms with van der Waals surface area (Å²) in [5, 5.41) is 9.48. The zero-order valence-electron chi connectivity index (χ0n) is 16.2. The van der Waals surface area contributed by atoms with Crippen LogP contribution in [0.1, 0.15) is 39.1 Å². The minimum Gasteiger partial charge on any atom is -0.475 e.